The van der Waals surface area contributed by atoms with Gasteiger partial charge >= 0.3 is 0 Å². The number of carbonyl (C=O) groups is 1. The molecule has 1 saturated heterocycles. The number of likely N-dealkylation sites (tertiary alicyclic amines) is 1. The Balaban J connectivity index is 1.86. The van der Waals surface area contributed by atoms with Crippen LogP contribution in [0.4, 0.5) is 0 Å². The van der Waals surface area contributed by atoms with Crippen LogP contribution in [0.15, 0.2) is 16.8 Å². The number of pyridine rings is 1. The van der Waals surface area contributed by atoms with Crippen LogP contribution < -0.4 is 5.32 Å². The van der Waals surface area contributed by atoms with Gasteiger partial charge in [0, 0.05) is 25.3 Å². The predicted molar refractivity (Wildman–Crippen MR) is 74.5 cm³/mol. The van der Waals surface area contributed by atoms with Gasteiger partial charge in [-0.2, -0.15) is 0 Å². The highest BCUT2D eigenvalue weighted by Crippen LogP contribution is 2.19. The lowest BCUT2D eigenvalue weighted by Gasteiger charge is -2.32. The van der Waals surface area contributed by atoms with Crippen LogP contribution in [0.2, 0.25) is 0 Å². The van der Waals surface area contributed by atoms with Crippen LogP contribution in [0.1, 0.15) is 28.9 Å². The first-order valence-electron chi connectivity index (χ1n) is 6.87. The number of hydrogen-bond acceptors (Lipinski definition) is 5. The molecule has 0 aliphatic carbocycles. The number of carbonyl (C=O) groups excluding carboxylic acids is 1. The molecule has 6 heteroatoms. The Kier molecular flexibility index (Phi) is 3.40. The maximum atomic E-state index is 12.5. The van der Waals surface area contributed by atoms with Gasteiger partial charge in [-0.15, -0.1) is 0 Å². The summed E-state index contributed by atoms with van der Waals surface area (Å²) in [5.41, 5.74) is 1.83. The highest BCUT2D eigenvalue weighted by molar-refractivity contribution is 5.97. The smallest absolute Gasteiger partial charge is 0.257 e. The molecule has 0 bridgehead atoms. The molecule has 1 N–H and O–H groups in total. The zero-order valence-corrected chi connectivity index (χ0v) is 11.7. The van der Waals surface area contributed by atoms with Gasteiger partial charge < -0.3 is 14.7 Å². The predicted octanol–water partition coefficient (Wildman–Crippen LogP) is 1.36. The second-order valence-corrected chi connectivity index (χ2v) is 5.22. The van der Waals surface area contributed by atoms with Crippen LogP contribution in [0, 0.1) is 6.92 Å². The number of fused-ring (bicyclic) bond motifs is 1. The van der Waals surface area contributed by atoms with Gasteiger partial charge in [0.05, 0.1) is 16.6 Å². The van der Waals surface area contributed by atoms with Crippen molar-refractivity contribution in [3.63, 3.8) is 0 Å². The Bertz CT molecular complexity index is 637. The molecule has 106 valence electrons. The number of amides is 1. The summed E-state index contributed by atoms with van der Waals surface area (Å²) in [5.74, 6) is 0.0277. The van der Waals surface area contributed by atoms with Crippen molar-refractivity contribution in [3.05, 3.63) is 23.5 Å². The molecule has 0 saturated carbocycles. The first kappa shape index (κ1) is 13.1. The highest BCUT2D eigenvalue weighted by Gasteiger charge is 2.24. The molecule has 6 nitrogen and oxygen atoms in total. The number of nitrogens with one attached hydrogen (secondary N) is 1. The van der Waals surface area contributed by atoms with E-state index >= 15 is 0 Å². The normalized spacial score (nSPS) is 19.5. The number of hydrogen-bond donors (Lipinski definition) is 1. The van der Waals surface area contributed by atoms with Crippen molar-refractivity contribution in [2.45, 2.75) is 25.8 Å². The molecular formula is C14H18N4O2. The Morgan fingerprint density at radius 2 is 2.40 bits per heavy atom. The summed E-state index contributed by atoms with van der Waals surface area (Å²) in [6.45, 7) is 3.40. The van der Waals surface area contributed by atoms with E-state index in [2.05, 4.69) is 15.5 Å². The van der Waals surface area contributed by atoms with E-state index in [0.29, 0.717) is 17.3 Å². The summed E-state index contributed by atoms with van der Waals surface area (Å²) >= 11 is 0. The maximum Gasteiger partial charge on any atom is 0.257 e. The van der Waals surface area contributed by atoms with E-state index in [9.17, 15) is 4.79 Å². The van der Waals surface area contributed by atoms with Crippen LogP contribution in [0.5, 0.6) is 0 Å². The molecule has 0 aromatic carbocycles. The van der Waals surface area contributed by atoms with Gasteiger partial charge in [0.1, 0.15) is 0 Å². The molecule has 0 radical (unpaired) electrons. The monoisotopic (exact) mass is 274 g/mol. The van der Waals surface area contributed by atoms with Crippen molar-refractivity contribution < 1.29 is 9.32 Å². The number of rotatable bonds is 2. The van der Waals surface area contributed by atoms with Crippen molar-refractivity contribution in [1.82, 2.24) is 20.4 Å². The molecule has 1 aliphatic heterocycles. The minimum Gasteiger partial charge on any atom is -0.337 e. The third-order valence-corrected chi connectivity index (χ3v) is 3.87. The summed E-state index contributed by atoms with van der Waals surface area (Å²) in [6.07, 6.45) is 3.71. The fourth-order valence-electron chi connectivity index (χ4n) is 2.64. The summed E-state index contributed by atoms with van der Waals surface area (Å²) in [6, 6.07) is 2.20. The van der Waals surface area contributed by atoms with Gasteiger partial charge in [-0.3, -0.25) is 4.79 Å². The summed E-state index contributed by atoms with van der Waals surface area (Å²) in [5, 5.41) is 7.91. The van der Waals surface area contributed by atoms with Crippen molar-refractivity contribution in [3.8, 4) is 0 Å². The molecule has 20 heavy (non-hydrogen) atoms. The summed E-state index contributed by atoms with van der Waals surface area (Å²) in [4.78, 5) is 18.6. The van der Waals surface area contributed by atoms with E-state index < -0.39 is 0 Å². The molecule has 1 atom stereocenters. The lowest BCUT2D eigenvalue weighted by molar-refractivity contribution is 0.0698. The average molecular weight is 274 g/mol. The number of piperidine rings is 1. The first-order chi connectivity index (χ1) is 9.69. The van der Waals surface area contributed by atoms with E-state index in [1.54, 1.807) is 6.20 Å². The second kappa shape index (κ2) is 5.20. The minimum atomic E-state index is 0.0277. The van der Waals surface area contributed by atoms with E-state index in [0.717, 1.165) is 37.0 Å². The maximum absolute atomic E-state index is 12.5. The lowest BCUT2D eigenvalue weighted by Crippen LogP contribution is -2.46. The van der Waals surface area contributed by atoms with Crippen molar-refractivity contribution in [1.29, 1.82) is 0 Å². The van der Waals surface area contributed by atoms with E-state index in [4.69, 9.17) is 4.52 Å². The quantitative estimate of drug-likeness (QED) is 0.895. The highest BCUT2D eigenvalue weighted by atomic mass is 16.5. The minimum absolute atomic E-state index is 0.0277. The standard InChI is InChI=1S/C14H18N4O2/c1-9-12-6-10(7-16-13(12)20-17-9)14(19)18-5-3-4-11(8-18)15-2/h6-7,11,15H,3-5,8H2,1-2H3/t11-/m0/s1. The molecular weight excluding hydrogens is 256 g/mol. The zero-order chi connectivity index (χ0) is 14.1. The molecule has 3 rings (SSSR count). The second-order valence-electron chi connectivity index (χ2n) is 5.22. The van der Waals surface area contributed by atoms with Crippen LogP contribution in [-0.4, -0.2) is 47.1 Å². The van der Waals surface area contributed by atoms with Gasteiger partial charge in [0.2, 0.25) is 0 Å². The van der Waals surface area contributed by atoms with Gasteiger partial charge in [0.15, 0.2) is 0 Å². The van der Waals surface area contributed by atoms with Crippen LogP contribution >= 0.6 is 0 Å². The number of likely N-dealkylation sites (N-methyl/N-ethyl adjacent to an activating group) is 1. The van der Waals surface area contributed by atoms with Crippen molar-refractivity contribution >= 4 is 17.0 Å². The molecule has 1 fully saturated rings. The average Bonchev–Trinajstić information content (AvgIpc) is 2.87. The van der Waals surface area contributed by atoms with Gasteiger partial charge in [-0.1, -0.05) is 5.16 Å². The number of aromatic nitrogens is 2. The van der Waals surface area contributed by atoms with Crippen molar-refractivity contribution in [2.75, 3.05) is 20.1 Å². The molecule has 1 amide bonds. The fraction of sp³-hybridized carbons (Fsp3) is 0.500. The molecule has 1 aliphatic rings. The number of aryl methyl sites for hydroxylation is 1. The van der Waals surface area contributed by atoms with E-state index in [1.165, 1.54) is 0 Å². The number of nitrogens with zero attached hydrogens (tertiary/aromatic N) is 3. The lowest BCUT2D eigenvalue weighted by atomic mass is 10.0. The summed E-state index contributed by atoms with van der Waals surface area (Å²) < 4.78 is 5.07. The SMILES string of the molecule is CN[C@H]1CCCN(C(=O)c2cnc3onc(C)c3c2)C1. The Morgan fingerprint density at radius 3 is 3.20 bits per heavy atom. The van der Waals surface area contributed by atoms with E-state index in [1.807, 2.05) is 24.9 Å². The zero-order valence-electron chi connectivity index (χ0n) is 11.7. The molecule has 0 unspecified atom stereocenters. The van der Waals surface area contributed by atoms with Gasteiger partial charge in [-0.05, 0) is 32.9 Å². The Labute approximate surface area is 117 Å². The van der Waals surface area contributed by atoms with Crippen LogP contribution in [0.3, 0.4) is 0 Å². The Morgan fingerprint density at radius 1 is 1.55 bits per heavy atom. The first-order valence-corrected chi connectivity index (χ1v) is 6.87. The van der Waals surface area contributed by atoms with Gasteiger partial charge in [0.25, 0.3) is 11.6 Å². The summed E-state index contributed by atoms with van der Waals surface area (Å²) in [7, 11) is 1.94. The van der Waals surface area contributed by atoms with E-state index in [-0.39, 0.29) is 5.91 Å². The molecule has 2 aromatic rings. The van der Waals surface area contributed by atoms with Gasteiger partial charge in [-0.25, -0.2) is 4.98 Å². The van der Waals surface area contributed by atoms with Crippen molar-refractivity contribution in [2.24, 2.45) is 0 Å². The van der Waals surface area contributed by atoms with Crippen LogP contribution in [-0.2, 0) is 0 Å². The molecule has 3 heterocycles. The molecule has 2 aromatic heterocycles. The third kappa shape index (κ3) is 2.27. The largest absolute Gasteiger partial charge is 0.337 e. The third-order valence-electron chi connectivity index (χ3n) is 3.87. The van der Waals surface area contributed by atoms with Crippen LogP contribution in [0.25, 0.3) is 11.1 Å². The fourth-order valence-corrected chi connectivity index (χ4v) is 2.64. The topological polar surface area (TPSA) is 71.3 Å². The Hall–Kier alpha value is -1.95. The molecule has 0 spiro atoms.